The van der Waals surface area contributed by atoms with Gasteiger partial charge in [0.15, 0.2) is 22.3 Å². The summed E-state index contributed by atoms with van der Waals surface area (Å²) >= 11 is 0. The van der Waals surface area contributed by atoms with E-state index in [0.717, 1.165) is 0 Å². The second-order valence-corrected chi connectivity index (χ2v) is 3.26. The number of fused-ring (bicyclic) bond motifs is 2. The molecule has 0 aromatic carbocycles. The van der Waals surface area contributed by atoms with Crippen molar-refractivity contribution in [1.29, 1.82) is 0 Å². The second-order valence-electron chi connectivity index (χ2n) is 3.26. The molecule has 3 heterocycles. The third kappa shape index (κ3) is 2.37. The first kappa shape index (κ1) is 14.0. The summed E-state index contributed by atoms with van der Waals surface area (Å²) in [4.78, 5) is 21.3. The molecule has 3 aromatic heterocycles. The van der Waals surface area contributed by atoms with Crippen LogP contribution in [0.1, 0.15) is 0 Å². The van der Waals surface area contributed by atoms with Gasteiger partial charge < -0.3 is 20.4 Å². The van der Waals surface area contributed by atoms with Gasteiger partial charge >= 0.3 is 63.4 Å². The van der Waals surface area contributed by atoms with Crippen molar-refractivity contribution in [3.8, 4) is 23.8 Å². The van der Waals surface area contributed by atoms with E-state index in [1.165, 1.54) is 0 Å². The Morgan fingerprint density at radius 1 is 0.526 bits per heavy atom. The van der Waals surface area contributed by atoms with Crippen LogP contribution in [0.5, 0.6) is 23.8 Å². The van der Waals surface area contributed by atoms with Crippen LogP contribution in [0, 0.1) is 0 Å². The van der Waals surface area contributed by atoms with E-state index < -0.39 is 23.8 Å². The summed E-state index contributed by atoms with van der Waals surface area (Å²) in [6.07, 6.45) is 0. The zero-order chi connectivity index (χ0) is 12.9. The van der Waals surface area contributed by atoms with Gasteiger partial charge in [0, 0.05) is 0 Å². The first-order chi connectivity index (χ1) is 8.54. The summed E-state index contributed by atoms with van der Waals surface area (Å²) in [7, 11) is 0. The number of rotatable bonds is 0. The molecular formula is C8H5KN6O4. The van der Waals surface area contributed by atoms with Crippen molar-refractivity contribution < 1.29 is 20.4 Å². The van der Waals surface area contributed by atoms with Crippen molar-refractivity contribution in [3.05, 3.63) is 0 Å². The SMILES string of the molecule is Oc1nc(O)c2nc3nc(O)nc(O)c3nc2n1.[KH]. The molecule has 0 saturated heterocycles. The van der Waals surface area contributed by atoms with Crippen LogP contribution in [0.25, 0.3) is 22.3 Å². The van der Waals surface area contributed by atoms with Crippen LogP contribution in [-0.4, -0.2) is 102 Å². The zero-order valence-corrected chi connectivity index (χ0v) is 8.47. The van der Waals surface area contributed by atoms with E-state index in [0.29, 0.717) is 0 Å². The predicted molar refractivity (Wildman–Crippen MR) is 62.0 cm³/mol. The number of hydrogen-bond acceptors (Lipinski definition) is 10. The number of hydrogen-bond donors (Lipinski definition) is 4. The molecule has 0 unspecified atom stereocenters. The van der Waals surface area contributed by atoms with E-state index in [-0.39, 0.29) is 73.7 Å². The molecule has 3 aromatic rings. The summed E-state index contributed by atoms with van der Waals surface area (Å²) in [6, 6.07) is -1.37. The molecule has 0 bridgehead atoms. The molecule has 0 amide bonds. The van der Waals surface area contributed by atoms with E-state index in [9.17, 15) is 10.2 Å². The van der Waals surface area contributed by atoms with Crippen molar-refractivity contribution in [2.24, 2.45) is 0 Å². The molecule has 19 heavy (non-hydrogen) atoms. The first-order valence-corrected chi connectivity index (χ1v) is 4.58. The van der Waals surface area contributed by atoms with Gasteiger partial charge in [0.2, 0.25) is 11.8 Å². The van der Waals surface area contributed by atoms with Crippen LogP contribution in [0.3, 0.4) is 0 Å². The van der Waals surface area contributed by atoms with Crippen molar-refractivity contribution in [3.63, 3.8) is 0 Å². The quantitative estimate of drug-likeness (QED) is 0.284. The van der Waals surface area contributed by atoms with E-state index in [2.05, 4.69) is 29.9 Å². The van der Waals surface area contributed by atoms with Gasteiger partial charge in [-0.2, -0.15) is 19.9 Å². The maximum absolute atomic E-state index is 9.47. The Hall–Kier alpha value is -1.40. The Balaban J connectivity index is 0.00000133. The number of aromatic nitrogens is 6. The summed E-state index contributed by atoms with van der Waals surface area (Å²) in [6.45, 7) is 0. The van der Waals surface area contributed by atoms with Gasteiger partial charge in [0.25, 0.3) is 0 Å². The van der Waals surface area contributed by atoms with Crippen LogP contribution in [0.2, 0.25) is 0 Å². The fourth-order valence-corrected chi connectivity index (χ4v) is 1.41. The zero-order valence-electron chi connectivity index (χ0n) is 8.47. The first-order valence-electron chi connectivity index (χ1n) is 4.58. The minimum atomic E-state index is -0.687. The number of aromatic hydroxyl groups is 4. The summed E-state index contributed by atoms with van der Waals surface area (Å²) < 4.78 is 0. The fourth-order valence-electron chi connectivity index (χ4n) is 1.41. The van der Waals surface area contributed by atoms with Crippen molar-refractivity contribution >= 4 is 73.7 Å². The molecule has 0 spiro atoms. The molecule has 0 saturated carbocycles. The van der Waals surface area contributed by atoms with E-state index >= 15 is 0 Å². The van der Waals surface area contributed by atoms with Crippen LogP contribution < -0.4 is 0 Å². The molecule has 0 radical (unpaired) electrons. The van der Waals surface area contributed by atoms with E-state index in [1.54, 1.807) is 0 Å². The third-order valence-corrected chi connectivity index (χ3v) is 2.11. The van der Waals surface area contributed by atoms with Gasteiger partial charge in [-0.05, 0) is 0 Å². The van der Waals surface area contributed by atoms with Crippen LogP contribution in [0.15, 0.2) is 0 Å². The molecule has 0 atom stereocenters. The van der Waals surface area contributed by atoms with E-state index in [4.69, 9.17) is 10.2 Å². The summed E-state index contributed by atoms with van der Waals surface area (Å²) in [5.41, 5.74) is -0.537. The molecule has 0 aliphatic rings. The second kappa shape index (κ2) is 4.94. The van der Waals surface area contributed by atoms with Gasteiger partial charge in [-0.15, -0.1) is 0 Å². The normalized spacial score (nSPS) is 10.5. The molecule has 92 valence electrons. The van der Waals surface area contributed by atoms with Crippen LogP contribution in [-0.2, 0) is 0 Å². The molecule has 10 nitrogen and oxygen atoms in total. The molecule has 0 fully saturated rings. The average Bonchev–Trinajstić information content (AvgIpc) is 2.27. The van der Waals surface area contributed by atoms with Crippen molar-refractivity contribution in [1.82, 2.24) is 29.9 Å². The van der Waals surface area contributed by atoms with Crippen LogP contribution in [0.4, 0.5) is 0 Å². The van der Waals surface area contributed by atoms with Gasteiger partial charge in [-0.25, -0.2) is 9.97 Å². The van der Waals surface area contributed by atoms with E-state index in [1.807, 2.05) is 0 Å². The molecule has 4 N–H and O–H groups in total. The monoisotopic (exact) mass is 288 g/mol. The van der Waals surface area contributed by atoms with Gasteiger partial charge in [0.1, 0.15) is 0 Å². The molecule has 3 rings (SSSR count). The molecule has 0 aliphatic carbocycles. The maximum atomic E-state index is 9.47. The Kier molecular flexibility index (Phi) is 3.64. The topological polar surface area (TPSA) is 158 Å². The predicted octanol–water partition coefficient (Wildman–Crippen LogP) is -1.46. The van der Waals surface area contributed by atoms with Crippen molar-refractivity contribution in [2.75, 3.05) is 0 Å². The van der Waals surface area contributed by atoms with Gasteiger partial charge in [-0.3, -0.25) is 0 Å². The van der Waals surface area contributed by atoms with Gasteiger partial charge in [-0.1, -0.05) is 0 Å². The Labute approximate surface area is 146 Å². The van der Waals surface area contributed by atoms with Crippen molar-refractivity contribution in [2.45, 2.75) is 0 Å². The molecule has 11 heteroatoms. The average molecular weight is 288 g/mol. The fraction of sp³-hybridized carbons (Fsp3) is 0. The summed E-state index contributed by atoms with van der Waals surface area (Å²) in [5.74, 6) is -1.19. The molecule has 0 aliphatic heterocycles. The Bertz CT molecular complexity index is 730. The van der Waals surface area contributed by atoms with Gasteiger partial charge in [0.05, 0.1) is 0 Å². The standard InChI is InChI=1S/C8H4N6O4.K.H/c15-5-1-3(11-7(17)13-5)10-2-4(9-1)12-8(18)14-6(2)16;;/h(H2,9,12,14,16,18)(H2,10,11,13,15,17);;. The third-order valence-electron chi connectivity index (χ3n) is 2.11. The van der Waals surface area contributed by atoms with Crippen LogP contribution >= 0.6 is 0 Å². The minimum absolute atomic E-state index is 0. The number of nitrogens with zero attached hydrogens (tertiary/aromatic N) is 6. The Morgan fingerprint density at radius 3 is 1.26 bits per heavy atom. The molecular weight excluding hydrogens is 283 g/mol. The Morgan fingerprint density at radius 2 is 0.895 bits per heavy atom. The summed E-state index contributed by atoms with van der Waals surface area (Å²) in [5, 5.41) is 37.2.